The Hall–Kier alpha value is -2.76. The number of halogens is 3. The molecule has 124 valence electrons. The maximum absolute atomic E-state index is 12.8. The van der Waals surface area contributed by atoms with Gasteiger partial charge >= 0.3 is 12.1 Å². The molecule has 0 bridgehead atoms. The molecule has 3 nitrogen and oxygen atoms in total. The Labute approximate surface area is 135 Å². The van der Waals surface area contributed by atoms with Gasteiger partial charge in [0.15, 0.2) is 0 Å². The molecule has 1 atom stereocenters. The van der Waals surface area contributed by atoms with Gasteiger partial charge in [0.25, 0.3) is 0 Å². The number of aromatic nitrogens is 1. The molecule has 2 aromatic carbocycles. The van der Waals surface area contributed by atoms with E-state index in [1.165, 1.54) is 6.07 Å². The van der Waals surface area contributed by atoms with Crippen LogP contribution in [-0.4, -0.2) is 22.2 Å². The molecule has 0 saturated heterocycles. The summed E-state index contributed by atoms with van der Waals surface area (Å²) < 4.78 is 38.4. The average molecular weight is 333 g/mol. The van der Waals surface area contributed by atoms with E-state index in [9.17, 15) is 23.1 Å². The van der Waals surface area contributed by atoms with Gasteiger partial charge in [0.05, 0.1) is 12.3 Å². The summed E-state index contributed by atoms with van der Waals surface area (Å²) in [6.07, 6.45) is -4.27. The second-order valence-electron chi connectivity index (χ2n) is 5.55. The zero-order valence-corrected chi connectivity index (χ0v) is 12.5. The number of carbonyl (C=O) groups is 1. The summed E-state index contributed by atoms with van der Waals surface area (Å²) in [5, 5.41) is 10.2. The third-order valence-corrected chi connectivity index (χ3v) is 3.95. The number of fused-ring (bicyclic) bond motifs is 1. The Morgan fingerprint density at radius 3 is 2.42 bits per heavy atom. The van der Waals surface area contributed by atoms with E-state index in [1.807, 2.05) is 24.3 Å². The van der Waals surface area contributed by atoms with E-state index in [0.717, 1.165) is 10.9 Å². The van der Waals surface area contributed by atoms with Gasteiger partial charge in [0.2, 0.25) is 0 Å². The molecule has 0 radical (unpaired) electrons. The van der Waals surface area contributed by atoms with Crippen molar-refractivity contribution in [3.8, 4) is 11.1 Å². The van der Waals surface area contributed by atoms with Gasteiger partial charge in [0.1, 0.15) is 0 Å². The lowest BCUT2D eigenvalue weighted by molar-refractivity contribution is -0.157. The number of alkyl halides is 3. The predicted molar refractivity (Wildman–Crippen MR) is 84.8 cm³/mol. The van der Waals surface area contributed by atoms with Gasteiger partial charge in [-0.25, -0.2) is 0 Å². The van der Waals surface area contributed by atoms with Crippen LogP contribution in [0.1, 0.15) is 17.9 Å². The zero-order valence-electron chi connectivity index (χ0n) is 12.5. The van der Waals surface area contributed by atoms with Gasteiger partial charge in [-0.2, -0.15) is 13.2 Å². The van der Waals surface area contributed by atoms with Crippen molar-refractivity contribution < 1.29 is 23.1 Å². The predicted octanol–water partition coefficient (Wildman–Crippen LogP) is 4.96. The first kappa shape index (κ1) is 16.1. The third kappa shape index (κ3) is 3.13. The number of hydrogen-bond acceptors (Lipinski definition) is 1. The summed E-state index contributed by atoms with van der Waals surface area (Å²) in [7, 11) is 0. The highest BCUT2D eigenvalue weighted by Crippen LogP contribution is 2.38. The summed E-state index contributed by atoms with van der Waals surface area (Å²) in [5.74, 6) is -3.13. The Bertz CT molecular complexity index is 883. The SMILES string of the molecule is O=C(O)C(CC(F)(F)F)c1ccccc1-c1c[nH]c2ccccc12. The summed E-state index contributed by atoms with van der Waals surface area (Å²) in [4.78, 5) is 14.5. The highest BCUT2D eigenvalue weighted by molar-refractivity contribution is 5.97. The first-order valence-corrected chi connectivity index (χ1v) is 7.32. The van der Waals surface area contributed by atoms with Crippen LogP contribution in [0.5, 0.6) is 0 Å². The quantitative estimate of drug-likeness (QED) is 0.709. The Balaban J connectivity index is 2.15. The lowest BCUT2D eigenvalue weighted by Gasteiger charge is -2.18. The molecular weight excluding hydrogens is 319 g/mol. The first-order valence-electron chi connectivity index (χ1n) is 7.32. The van der Waals surface area contributed by atoms with E-state index in [4.69, 9.17) is 0 Å². The van der Waals surface area contributed by atoms with Crippen LogP contribution in [0, 0.1) is 0 Å². The number of carboxylic acids is 1. The Morgan fingerprint density at radius 2 is 1.71 bits per heavy atom. The minimum Gasteiger partial charge on any atom is -0.481 e. The molecule has 0 aliphatic carbocycles. The van der Waals surface area contributed by atoms with Crippen LogP contribution < -0.4 is 0 Å². The van der Waals surface area contributed by atoms with Crippen molar-refractivity contribution in [2.24, 2.45) is 0 Å². The second-order valence-corrected chi connectivity index (χ2v) is 5.55. The number of para-hydroxylation sites is 1. The summed E-state index contributed by atoms with van der Waals surface area (Å²) >= 11 is 0. The van der Waals surface area contributed by atoms with Crippen LogP contribution in [0.2, 0.25) is 0 Å². The highest BCUT2D eigenvalue weighted by atomic mass is 19.4. The number of aliphatic carboxylic acids is 1. The molecule has 1 heterocycles. The Kier molecular flexibility index (Phi) is 4.05. The molecule has 3 aromatic rings. The summed E-state index contributed by atoms with van der Waals surface area (Å²) in [5.41, 5.74) is 2.18. The van der Waals surface area contributed by atoms with E-state index >= 15 is 0 Å². The van der Waals surface area contributed by atoms with Crippen molar-refractivity contribution in [3.63, 3.8) is 0 Å². The van der Waals surface area contributed by atoms with Gasteiger partial charge in [-0.15, -0.1) is 0 Å². The van der Waals surface area contributed by atoms with E-state index in [2.05, 4.69) is 4.98 Å². The second kappa shape index (κ2) is 6.03. The van der Waals surface area contributed by atoms with Crippen LogP contribution >= 0.6 is 0 Å². The van der Waals surface area contributed by atoms with Crippen molar-refractivity contribution in [1.82, 2.24) is 4.98 Å². The van der Waals surface area contributed by atoms with Crippen LogP contribution in [0.25, 0.3) is 22.0 Å². The molecule has 0 spiro atoms. The van der Waals surface area contributed by atoms with E-state index < -0.39 is 24.5 Å². The standard InChI is InChI=1S/C18H14F3NO2/c19-18(20,21)9-14(17(23)24)11-5-1-2-6-12(11)15-10-22-16-8-4-3-7-13(15)16/h1-8,10,14,22H,9H2,(H,23,24). The Morgan fingerprint density at radius 1 is 1.04 bits per heavy atom. The molecule has 6 heteroatoms. The first-order chi connectivity index (χ1) is 11.4. The topological polar surface area (TPSA) is 53.1 Å². The molecule has 1 aromatic heterocycles. The van der Waals surface area contributed by atoms with Gasteiger partial charge in [-0.3, -0.25) is 4.79 Å². The van der Waals surface area contributed by atoms with Crippen LogP contribution in [0.4, 0.5) is 13.2 Å². The minimum atomic E-state index is -4.56. The fraction of sp³-hybridized carbons (Fsp3) is 0.167. The summed E-state index contributed by atoms with van der Waals surface area (Å²) in [6, 6.07) is 13.7. The monoisotopic (exact) mass is 333 g/mol. The number of H-pyrrole nitrogens is 1. The smallest absolute Gasteiger partial charge is 0.390 e. The average Bonchev–Trinajstić information content (AvgIpc) is 2.95. The number of carboxylic acid groups (broad SMARTS) is 1. The normalized spacial score (nSPS) is 13.1. The maximum atomic E-state index is 12.8. The fourth-order valence-corrected chi connectivity index (χ4v) is 2.90. The molecule has 0 saturated carbocycles. The van der Waals surface area contributed by atoms with E-state index in [-0.39, 0.29) is 5.56 Å². The third-order valence-electron chi connectivity index (χ3n) is 3.95. The van der Waals surface area contributed by atoms with Crippen molar-refractivity contribution in [2.75, 3.05) is 0 Å². The van der Waals surface area contributed by atoms with Gasteiger partial charge in [-0.1, -0.05) is 42.5 Å². The van der Waals surface area contributed by atoms with Crippen molar-refractivity contribution >= 4 is 16.9 Å². The molecule has 3 rings (SSSR count). The van der Waals surface area contributed by atoms with Crippen LogP contribution in [0.15, 0.2) is 54.7 Å². The minimum absolute atomic E-state index is 0.159. The van der Waals surface area contributed by atoms with Gasteiger partial charge in [0, 0.05) is 22.7 Å². The number of rotatable bonds is 4. The van der Waals surface area contributed by atoms with E-state index in [1.54, 1.807) is 24.4 Å². The number of aromatic amines is 1. The maximum Gasteiger partial charge on any atom is 0.390 e. The van der Waals surface area contributed by atoms with Crippen LogP contribution in [-0.2, 0) is 4.79 Å². The fourth-order valence-electron chi connectivity index (χ4n) is 2.90. The van der Waals surface area contributed by atoms with Crippen LogP contribution in [0.3, 0.4) is 0 Å². The van der Waals surface area contributed by atoms with Gasteiger partial charge < -0.3 is 10.1 Å². The molecule has 24 heavy (non-hydrogen) atoms. The highest BCUT2D eigenvalue weighted by Gasteiger charge is 2.37. The largest absolute Gasteiger partial charge is 0.481 e. The molecule has 0 amide bonds. The zero-order chi connectivity index (χ0) is 17.3. The number of hydrogen-bond donors (Lipinski definition) is 2. The molecule has 1 unspecified atom stereocenters. The molecule has 0 aliphatic rings. The van der Waals surface area contributed by atoms with E-state index in [0.29, 0.717) is 11.1 Å². The van der Waals surface area contributed by atoms with Crippen molar-refractivity contribution in [2.45, 2.75) is 18.5 Å². The molecule has 2 N–H and O–H groups in total. The lowest BCUT2D eigenvalue weighted by Crippen LogP contribution is -2.21. The molecule has 0 fully saturated rings. The van der Waals surface area contributed by atoms with Crippen molar-refractivity contribution in [1.29, 1.82) is 0 Å². The van der Waals surface area contributed by atoms with Gasteiger partial charge in [-0.05, 0) is 17.2 Å². The molecular formula is C18H14F3NO2. The lowest BCUT2D eigenvalue weighted by atomic mass is 9.88. The molecule has 0 aliphatic heterocycles. The summed E-state index contributed by atoms with van der Waals surface area (Å²) in [6.45, 7) is 0. The number of nitrogens with one attached hydrogen (secondary N) is 1. The number of benzene rings is 2. The van der Waals surface area contributed by atoms with Crippen molar-refractivity contribution in [3.05, 3.63) is 60.3 Å².